The molecule has 1 aromatic heterocycles. The van der Waals surface area contributed by atoms with Crippen LogP contribution < -0.4 is 4.90 Å². The molecule has 0 atom stereocenters. The molecule has 6 heteroatoms. The Morgan fingerprint density at radius 1 is 1.09 bits per heavy atom. The molecule has 1 aromatic rings. The summed E-state index contributed by atoms with van der Waals surface area (Å²) in [4.78, 5) is 25.2. The first-order valence-corrected chi connectivity index (χ1v) is 8.50. The van der Waals surface area contributed by atoms with E-state index in [0.717, 1.165) is 31.7 Å². The quantitative estimate of drug-likeness (QED) is 0.796. The van der Waals surface area contributed by atoms with Crippen LogP contribution in [0.3, 0.4) is 0 Å². The van der Waals surface area contributed by atoms with E-state index in [2.05, 4.69) is 14.9 Å². The van der Waals surface area contributed by atoms with E-state index < -0.39 is 5.60 Å². The molecule has 2 aliphatic rings. The van der Waals surface area contributed by atoms with Gasteiger partial charge in [-0.05, 0) is 46.5 Å². The van der Waals surface area contributed by atoms with Gasteiger partial charge in [0, 0.05) is 37.4 Å². The number of nitrogens with zero attached hydrogens (tertiary/aromatic N) is 4. The van der Waals surface area contributed by atoms with Gasteiger partial charge in [-0.3, -0.25) is 0 Å². The Morgan fingerprint density at radius 3 is 2.48 bits per heavy atom. The van der Waals surface area contributed by atoms with Crippen LogP contribution in [0.15, 0.2) is 6.33 Å². The van der Waals surface area contributed by atoms with Crippen LogP contribution in [0.1, 0.15) is 44.9 Å². The molecule has 1 fully saturated rings. The second-order valence-electron chi connectivity index (χ2n) is 7.28. The molecule has 1 saturated heterocycles. The van der Waals surface area contributed by atoms with Gasteiger partial charge in [-0.1, -0.05) is 0 Å². The molecular weight excluding hydrogens is 292 g/mol. The Balaban J connectivity index is 1.65. The normalized spacial score (nSPS) is 18.6. The number of piperazine rings is 1. The number of aromatic nitrogens is 2. The number of carbonyl (C=O) groups is 1. The number of hydrogen-bond donors (Lipinski definition) is 0. The Morgan fingerprint density at radius 2 is 1.78 bits per heavy atom. The lowest BCUT2D eigenvalue weighted by Gasteiger charge is -2.37. The fourth-order valence-electron chi connectivity index (χ4n) is 3.20. The Hall–Kier alpha value is -1.85. The standard InChI is InChI=1S/C17H26N4O2/c1-17(2,3)23-16(22)21-10-8-20(9-11-21)15-13-6-4-5-7-14(13)18-12-19-15/h12H,4-11H2,1-3H3. The van der Waals surface area contributed by atoms with Crippen LogP contribution in [0.25, 0.3) is 0 Å². The van der Waals surface area contributed by atoms with Crippen LogP contribution >= 0.6 is 0 Å². The molecule has 6 nitrogen and oxygen atoms in total. The summed E-state index contributed by atoms with van der Waals surface area (Å²) in [7, 11) is 0. The lowest BCUT2D eigenvalue weighted by Crippen LogP contribution is -2.50. The van der Waals surface area contributed by atoms with Crippen LogP contribution in [0, 0.1) is 0 Å². The third-order valence-corrected chi connectivity index (χ3v) is 4.33. The zero-order valence-corrected chi connectivity index (χ0v) is 14.3. The van der Waals surface area contributed by atoms with Crippen LogP contribution in [0.2, 0.25) is 0 Å². The highest BCUT2D eigenvalue weighted by atomic mass is 16.6. The highest BCUT2D eigenvalue weighted by Gasteiger charge is 2.28. The van der Waals surface area contributed by atoms with Gasteiger partial charge < -0.3 is 14.5 Å². The van der Waals surface area contributed by atoms with E-state index in [1.54, 1.807) is 11.2 Å². The molecule has 0 bridgehead atoms. The molecule has 1 aliphatic carbocycles. The van der Waals surface area contributed by atoms with E-state index in [9.17, 15) is 4.79 Å². The number of hydrogen-bond acceptors (Lipinski definition) is 5. The lowest BCUT2D eigenvalue weighted by molar-refractivity contribution is 0.0240. The van der Waals surface area contributed by atoms with Crippen molar-refractivity contribution in [2.75, 3.05) is 31.1 Å². The highest BCUT2D eigenvalue weighted by Crippen LogP contribution is 2.27. The van der Waals surface area contributed by atoms with Gasteiger partial charge >= 0.3 is 6.09 Å². The van der Waals surface area contributed by atoms with Gasteiger partial charge in [0.05, 0.1) is 0 Å². The molecule has 23 heavy (non-hydrogen) atoms. The Kier molecular flexibility index (Phi) is 4.41. The minimum absolute atomic E-state index is 0.220. The molecule has 1 amide bonds. The molecule has 0 aromatic carbocycles. The van der Waals surface area contributed by atoms with Crippen molar-refractivity contribution < 1.29 is 9.53 Å². The number of amides is 1. The zero-order chi connectivity index (χ0) is 16.4. The number of rotatable bonds is 1. The van der Waals surface area contributed by atoms with Gasteiger partial charge in [0.2, 0.25) is 0 Å². The van der Waals surface area contributed by atoms with E-state index in [1.165, 1.54) is 24.1 Å². The smallest absolute Gasteiger partial charge is 0.410 e. The van der Waals surface area contributed by atoms with Gasteiger partial charge in [-0.2, -0.15) is 0 Å². The van der Waals surface area contributed by atoms with Gasteiger partial charge in [0.1, 0.15) is 17.7 Å². The van der Waals surface area contributed by atoms with Crippen molar-refractivity contribution in [3.63, 3.8) is 0 Å². The number of anilines is 1. The highest BCUT2D eigenvalue weighted by molar-refractivity contribution is 5.68. The first-order chi connectivity index (χ1) is 10.9. The summed E-state index contributed by atoms with van der Waals surface area (Å²) in [6.45, 7) is 8.63. The third kappa shape index (κ3) is 3.74. The minimum Gasteiger partial charge on any atom is -0.444 e. The molecule has 0 radical (unpaired) electrons. The second-order valence-corrected chi connectivity index (χ2v) is 7.28. The van der Waals surface area contributed by atoms with E-state index >= 15 is 0 Å². The van der Waals surface area contributed by atoms with Crippen molar-refractivity contribution in [3.05, 3.63) is 17.6 Å². The van der Waals surface area contributed by atoms with Crippen molar-refractivity contribution in [1.82, 2.24) is 14.9 Å². The number of fused-ring (bicyclic) bond motifs is 1. The maximum Gasteiger partial charge on any atom is 0.410 e. The van der Waals surface area contributed by atoms with Crippen LogP contribution in [-0.4, -0.2) is 52.7 Å². The molecular formula is C17H26N4O2. The van der Waals surface area contributed by atoms with Crippen LogP contribution in [0.5, 0.6) is 0 Å². The fourth-order valence-corrected chi connectivity index (χ4v) is 3.20. The van der Waals surface area contributed by atoms with Gasteiger partial charge in [0.25, 0.3) is 0 Å². The fraction of sp³-hybridized carbons (Fsp3) is 0.706. The lowest BCUT2D eigenvalue weighted by atomic mass is 9.96. The van der Waals surface area contributed by atoms with E-state index in [-0.39, 0.29) is 6.09 Å². The number of ether oxygens (including phenoxy) is 1. The topological polar surface area (TPSA) is 58.6 Å². The summed E-state index contributed by atoms with van der Waals surface area (Å²) in [6.07, 6.45) is 6.02. The summed E-state index contributed by atoms with van der Waals surface area (Å²) >= 11 is 0. The summed E-state index contributed by atoms with van der Waals surface area (Å²) < 4.78 is 5.45. The van der Waals surface area contributed by atoms with Crippen LogP contribution in [0.4, 0.5) is 10.6 Å². The van der Waals surface area contributed by atoms with Gasteiger partial charge in [0.15, 0.2) is 0 Å². The predicted octanol–water partition coefficient (Wildman–Crippen LogP) is 2.41. The molecule has 0 spiro atoms. The van der Waals surface area contributed by atoms with E-state index in [1.807, 2.05) is 20.8 Å². The van der Waals surface area contributed by atoms with Crippen molar-refractivity contribution in [2.24, 2.45) is 0 Å². The number of aryl methyl sites for hydroxylation is 1. The molecule has 0 saturated carbocycles. The van der Waals surface area contributed by atoms with E-state index in [0.29, 0.717) is 13.1 Å². The SMILES string of the molecule is CC(C)(C)OC(=O)N1CCN(c2ncnc3c2CCCC3)CC1. The van der Waals surface area contributed by atoms with Crippen molar-refractivity contribution in [1.29, 1.82) is 0 Å². The van der Waals surface area contributed by atoms with Gasteiger partial charge in [-0.25, -0.2) is 14.8 Å². The molecule has 0 N–H and O–H groups in total. The maximum absolute atomic E-state index is 12.1. The summed E-state index contributed by atoms with van der Waals surface area (Å²) in [5.41, 5.74) is 2.07. The average molecular weight is 318 g/mol. The monoisotopic (exact) mass is 318 g/mol. The minimum atomic E-state index is -0.444. The predicted molar refractivity (Wildman–Crippen MR) is 88.7 cm³/mol. The van der Waals surface area contributed by atoms with Crippen LogP contribution in [-0.2, 0) is 17.6 Å². The summed E-state index contributed by atoms with van der Waals surface area (Å²) in [5.74, 6) is 1.07. The third-order valence-electron chi connectivity index (χ3n) is 4.33. The molecule has 3 rings (SSSR count). The molecule has 2 heterocycles. The first kappa shape index (κ1) is 16.0. The Labute approximate surface area is 137 Å². The van der Waals surface area contributed by atoms with E-state index in [4.69, 9.17) is 4.74 Å². The average Bonchev–Trinajstić information content (AvgIpc) is 2.53. The summed E-state index contributed by atoms with van der Waals surface area (Å²) in [5, 5.41) is 0. The molecule has 1 aliphatic heterocycles. The van der Waals surface area contributed by atoms with Crippen molar-refractivity contribution >= 4 is 11.9 Å². The maximum atomic E-state index is 12.1. The second kappa shape index (κ2) is 6.34. The zero-order valence-electron chi connectivity index (χ0n) is 14.3. The molecule has 0 unspecified atom stereocenters. The molecule has 126 valence electrons. The number of carbonyl (C=O) groups excluding carboxylic acids is 1. The van der Waals surface area contributed by atoms with Gasteiger partial charge in [-0.15, -0.1) is 0 Å². The van der Waals surface area contributed by atoms with Crippen molar-refractivity contribution in [3.8, 4) is 0 Å². The Bertz CT molecular complexity index is 574. The summed E-state index contributed by atoms with van der Waals surface area (Å²) in [6, 6.07) is 0. The van der Waals surface area contributed by atoms with Crippen molar-refractivity contribution in [2.45, 2.75) is 52.1 Å². The largest absolute Gasteiger partial charge is 0.444 e. The first-order valence-electron chi connectivity index (χ1n) is 8.50.